The lowest BCUT2D eigenvalue weighted by atomic mass is 10.1. The Labute approximate surface area is 86.4 Å². The van der Waals surface area contributed by atoms with E-state index in [0.717, 1.165) is 4.90 Å². The van der Waals surface area contributed by atoms with Crippen LogP contribution in [0.1, 0.15) is 15.9 Å². The van der Waals surface area contributed by atoms with Gasteiger partial charge in [0.25, 0.3) is 0 Å². The van der Waals surface area contributed by atoms with E-state index in [9.17, 15) is 4.79 Å². The van der Waals surface area contributed by atoms with Gasteiger partial charge in [0.15, 0.2) is 0 Å². The molecule has 0 saturated heterocycles. The second kappa shape index (κ2) is 5.43. The Bertz CT molecular complexity index is 371. The molecule has 1 aromatic rings. The molecule has 14 heavy (non-hydrogen) atoms. The quantitative estimate of drug-likeness (QED) is 0.599. The van der Waals surface area contributed by atoms with Gasteiger partial charge in [0.2, 0.25) is 0 Å². The Morgan fingerprint density at radius 1 is 1.57 bits per heavy atom. The minimum absolute atomic E-state index is 0.0744. The van der Waals surface area contributed by atoms with Crippen molar-refractivity contribution in [2.24, 2.45) is 0 Å². The topological polar surface area (TPSA) is 61.1 Å². The third-order valence-electron chi connectivity index (χ3n) is 1.61. The van der Waals surface area contributed by atoms with Crippen molar-refractivity contribution < 1.29 is 9.90 Å². The summed E-state index contributed by atoms with van der Waals surface area (Å²) >= 11 is 1.40. The van der Waals surface area contributed by atoms with Crippen molar-refractivity contribution in [1.29, 1.82) is 5.26 Å². The number of benzene rings is 1. The molecular formula is C10H9NO2S. The smallest absolute Gasteiger partial charge is 0.150 e. The molecular weight excluding hydrogens is 198 g/mol. The van der Waals surface area contributed by atoms with E-state index < -0.39 is 0 Å². The molecule has 1 aromatic carbocycles. The molecule has 0 spiro atoms. The maximum Gasteiger partial charge on any atom is 0.150 e. The molecule has 0 atom stereocenters. The second-order valence-electron chi connectivity index (χ2n) is 2.56. The summed E-state index contributed by atoms with van der Waals surface area (Å²) in [6.45, 7) is 0.0744. The standard InChI is InChI=1S/C10H9NO2S/c11-6-9-5-8(7-13)1-2-10(9)14-4-3-12/h1-2,5,7,12H,3-4H2. The Morgan fingerprint density at radius 2 is 2.36 bits per heavy atom. The molecule has 0 aliphatic heterocycles. The van der Waals surface area contributed by atoms with Gasteiger partial charge in [-0.05, 0) is 12.1 Å². The Hall–Kier alpha value is -1.31. The average Bonchev–Trinajstić information content (AvgIpc) is 2.26. The van der Waals surface area contributed by atoms with Crippen LogP contribution in [0, 0.1) is 11.3 Å². The average molecular weight is 207 g/mol. The van der Waals surface area contributed by atoms with Crippen molar-refractivity contribution in [2.45, 2.75) is 4.90 Å². The molecule has 0 aliphatic carbocycles. The van der Waals surface area contributed by atoms with Gasteiger partial charge in [-0.3, -0.25) is 4.79 Å². The minimum Gasteiger partial charge on any atom is -0.396 e. The SMILES string of the molecule is N#Cc1cc(C=O)ccc1SCCO. The van der Waals surface area contributed by atoms with Gasteiger partial charge in [-0.15, -0.1) is 11.8 Å². The maximum absolute atomic E-state index is 10.4. The van der Waals surface area contributed by atoms with Crippen molar-refractivity contribution in [2.75, 3.05) is 12.4 Å². The number of nitriles is 1. The first-order valence-corrected chi connectivity index (χ1v) is 5.03. The lowest BCUT2D eigenvalue weighted by Crippen LogP contribution is -1.90. The fraction of sp³-hybridized carbons (Fsp3) is 0.200. The number of carbonyl (C=O) groups is 1. The zero-order valence-electron chi connectivity index (χ0n) is 7.43. The monoisotopic (exact) mass is 207 g/mol. The summed E-state index contributed by atoms with van der Waals surface area (Å²) in [7, 11) is 0. The van der Waals surface area contributed by atoms with E-state index in [2.05, 4.69) is 0 Å². The fourth-order valence-corrected chi connectivity index (χ4v) is 1.73. The van der Waals surface area contributed by atoms with Gasteiger partial charge in [-0.2, -0.15) is 5.26 Å². The number of thioether (sulfide) groups is 1. The summed E-state index contributed by atoms with van der Waals surface area (Å²) in [4.78, 5) is 11.2. The highest BCUT2D eigenvalue weighted by atomic mass is 32.2. The van der Waals surface area contributed by atoms with Crippen LogP contribution in [-0.2, 0) is 0 Å². The predicted octanol–water partition coefficient (Wildman–Crippen LogP) is 1.46. The number of hydrogen-bond donors (Lipinski definition) is 1. The number of hydrogen-bond acceptors (Lipinski definition) is 4. The molecule has 0 unspecified atom stereocenters. The van der Waals surface area contributed by atoms with Crippen LogP contribution in [0.4, 0.5) is 0 Å². The molecule has 0 amide bonds. The fourth-order valence-electron chi connectivity index (χ4n) is 0.990. The second-order valence-corrected chi connectivity index (χ2v) is 3.69. The molecule has 0 saturated carbocycles. The van der Waals surface area contributed by atoms with Gasteiger partial charge in [0.1, 0.15) is 12.4 Å². The van der Waals surface area contributed by atoms with E-state index in [-0.39, 0.29) is 6.61 Å². The normalized spacial score (nSPS) is 9.43. The largest absolute Gasteiger partial charge is 0.396 e. The van der Waals surface area contributed by atoms with E-state index >= 15 is 0 Å². The number of rotatable bonds is 4. The van der Waals surface area contributed by atoms with E-state index in [1.165, 1.54) is 11.8 Å². The van der Waals surface area contributed by atoms with Crippen LogP contribution in [0.25, 0.3) is 0 Å². The number of aliphatic hydroxyl groups excluding tert-OH is 1. The lowest BCUT2D eigenvalue weighted by molar-refractivity contribution is 0.112. The van der Waals surface area contributed by atoms with Crippen molar-refractivity contribution in [3.05, 3.63) is 29.3 Å². The summed E-state index contributed by atoms with van der Waals surface area (Å²) in [5.41, 5.74) is 0.975. The molecule has 0 aromatic heterocycles. The molecule has 0 fully saturated rings. The van der Waals surface area contributed by atoms with Crippen molar-refractivity contribution in [1.82, 2.24) is 0 Å². The lowest BCUT2D eigenvalue weighted by Gasteiger charge is -2.02. The first-order valence-electron chi connectivity index (χ1n) is 4.05. The van der Waals surface area contributed by atoms with Gasteiger partial charge in [0.05, 0.1) is 12.2 Å². The zero-order chi connectivity index (χ0) is 10.4. The Morgan fingerprint density at radius 3 is 2.93 bits per heavy atom. The molecule has 0 heterocycles. The summed E-state index contributed by atoms with van der Waals surface area (Å²) in [6.07, 6.45) is 0.710. The molecule has 0 bridgehead atoms. The predicted molar refractivity (Wildman–Crippen MR) is 54.4 cm³/mol. The highest BCUT2D eigenvalue weighted by molar-refractivity contribution is 7.99. The molecule has 0 aliphatic rings. The molecule has 4 heteroatoms. The van der Waals surface area contributed by atoms with E-state index in [1.807, 2.05) is 6.07 Å². The first kappa shape index (κ1) is 10.8. The Balaban J connectivity index is 2.94. The maximum atomic E-state index is 10.4. The van der Waals surface area contributed by atoms with Crippen LogP contribution in [0.2, 0.25) is 0 Å². The molecule has 1 N–H and O–H groups in total. The summed E-state index contributed by atoms with van der Waals surface area (Å²) in [5, 5.41) is 17.4. The van der Waals surface area contributed by atoms with Gasteiger partial charge >= 0.3 is 0 Å². The highest BCUT2D eigenvalue weighted by Gasteiger charge is 2.03. The molecule has 3 nitrogen and oxygen atoms in total. The highest BCUT2D eigenvalue weighted by Crippen LogP contribution is 2.22. The summed E-state index contributed by atoms with van der Waals surface area (Å²) in [5.74, 6) is 0.551. The van der Waals surface area contributed by atoms with Gasteiger partial charge in [0, 0.05) is 16.2 Å². The van der Waals surface area contributed by atoms with Crippen LogP contribution in [0.15, 0.2) is 23.1 Å². The Kier molecular flexibility index (Phi) is 4.17. The van der Waals surface area contributed by atoms with Crippen LogP contribution < -0.4 is 0 Å². The summed E-state index contributed by atoms with van der Waals surface area (Å²) in [6, 6.07) is 6.95. The van der Waals surface area contributed by atoms with E-state index in [4.69, 9.17) is 10.4 Å². The van der Waals surface area contributed by atoms with Crippen molar-refractivity contribution >= 4 is 18.0 Å². The summed E-state index contributed by atoms with van der Waals surface area (Å²) < 4.78 is 0. The number of carbonyl (C=O) groups excluding carboxylic acids is 1. The minimum atomic E-state index is 0.0744. The van der Waals surface area contributed by atoms with Crippen LogP contribution in [0.5, 0.6) is 0 Å². The van der Waals surface area contributed by atoms with Gasteiger partial charge in [-0.25, -0.2) is 0 Å². The van der Waals surface area contributed by atoms with Crippen LogP contribution >= 0.6 is 11.8 Å². The third kappa shape index (κ3) is 2.59. The van der Waals surface area contributed by atoms with Gasteiger partial charge in [-0.1, -0.05) is 6.07 Å². The number of nitrogens with zero attached hydrogens (tertiary/aromatic N) is 1. The number of aliphatic hydroxyl groups is 1. The first-order chi connectivity index (χ1) is 6.81. The zero-order valence-corrected chi connectivity index (χ0v) is 8.25. The van der Waals surface area contributed by atoms with Crippen molar-refractivity contribution in [3.63, 3.8) is 0 Å². The van der Waals surface area contributed by atoms with E-state index in [1.54, 1.807) is 18.2 Å². The molecule has 1 rings (SSSR count). The van der Waals surface area contributed by atoms with Crippen molar-refractivity contribution in [3.8, 4) is 6.07 Å². The third-order valence-corrected chi connectivity index (χ3v) is 2.66. The van der Waals surface area contributed by atoms with Gasteiger partial charge < -0.3 is 5.11 Å². The van der Waals surface area contributed by atoms with E-state index in [0.29, 0.717) is 23.2 Å². The van der Waals surface area contributed by atoms with Crippen LogP contribution in [-0.4, -0.2) is 23.8 Å². The molecule has 72 valence electrons. The molecule has 0 radical (unpaired) electrons. The van der Waals surface area contributed by atoms with Crippen LogP contribution in [0.3, 0.4) is 0 Å². The number of aldehydes is 1.